The number of amidine groups is 1. The summed E-state index contributed by atoms with van der Waals surface area (Å²) < 4.78 is 1.43. The first-order chi connectivity index (χ1) is 4.33. The Morgan fingerprint density at radius 3 is 3.11 bits per heavy atom. The van der Waals surface area contributed by atoms with E-state index in [1.165, 1.54) is 4.42 Å². The highest BCUT2D eigenvalue weighted by atomic mass is 35.5. The van der Waals surface area contributed by atoms with Crippen LogP contribution in [0.2, 0.25) is 0 Å². The highest BCUT2D eigenvalue weighted by Gasteiger charge is 1.99. The van der Waals surface area contributed by atoms with Gasteiger partial charge in [0.2, 0.25) is 0 Å². The predicted molar refractivity (Wildman–Crippen MR) is 36.5 cm³/mol. The summed E-state index contributed by atoms with van der Waals surface area (Å²) in [5.41, 5.74) is 2.40. The fraction of sp³-hybridized carbons (Fsp3) is 0.250. The van der Waals surface area contributed by atoms with E-state index in [0.717, 1.165) is 0 Å². The first-order valence-corrected chi connectivity index (χ1v) is 2.78. The average Bonchev–Trinajstić information content (AvgIpc) is 1.90. The van der Waals surface area contributed by atoms with Crippen molar-refractivity contribution in [1.29, 1.82) is 0 Å². The minimum atomic E-state index is 0.442. The Hall–Kier alpha value is -0.740. The summed E-state index contributed by atoms with van der Waals surface area (Å²) in [4.78, 5) is 3.92. The van der Waals surface area contributed by atoms with Gasteiger partial charge in [0.1, 0.15) is 12.5 Å². The van der Waals surface area contributed by atoms with Crippen molar-refractivity contribution in [3.63, 3.8) is 0 Å². The van der Waals surface area contributed by atoms with Crippen LogP contribution in [0.4, 0.5) is 0 Å². The molecule has 4 nitrogen and oxygen atoms in total. The van der Waals surface area contributed by atoms with E-state index in [4.69, 9.17) is 17.6 Å². The highest BCUT2D eigenvalue weighted by Crippen LogP contribution is 1.99. The molecule has 0 saturated heterocycles. The standard InChI is InChI=1S/C4H7ClN4/c5-9-2-1-4(8-6)7-3-9/h1-2H,3,6H2,(H,7,8). The number of rotatable bonds is 0. The first kappa shape index (κ1) is 6.38. The monoisotopic (exact) mass is 146 g/mol. The summed E-state index contributed by atoms with van der Waals surface area (Å²) in [6.45, 7) is 0.442. The lowest BCUT2D eigenvalue weighted by molar-refractivity contribution is 0.612. The average molecular weight is 147 g/mol. The van der Waals surface area contributed by atoms with Crippen LogP contribution in [-0.2, 0) is 0 Å². The second-order valence-electron chi connectivity index (χ2n) is 1.54. The first-order valence-electron chi connectivity index (χ1n) is 2.44. The molecule has 0 spiro atoms. The third kappa shape index (κ3) is 1.58. The van der Waals surface area contributed by atoms with Gasteiger partial charge in [0.25, 0.3) is 0 Å². The van der Waals surface area contributed by atoms with Crippen LogP contribution in [-0.4, -0.2) is 16.9 Å². The van der Waals surface area contributed by atoms with Crippen LogP contribution >= 0.6 is 11.8 Å². The lowest BCUT2D eigenvalue weighted by atomic mass is 10.5. The van der Waals surface area contributed by atoms with Crippen LogP contribution in [0.5, 0.6) is 0 Å². The molecule has 1 heterocycles. The van der Waals surface area contributed by atoms with Gasteiger partial charge in [-0.2, -0.15) is 0 Å². The third-order valence-corrected chi connectivity index (χ3v) is 1.14. The van der Waals surface area contributed by atoms with Crippen LogP contribution in [0.25, 0.3) is 0 Å². The molecule has 1 aliphatic rings. The number of halogens is 1. The molecule has 0 aromatic heterocycles. The van der Waals surface area contributed by atoms with Crippen LogP contribution in [0.15, 0.2) is 17.3 Å². The van der Waals surface area contributed by atoms with Crippen molar-refractivity contribution in [1.82, 2.24) is 9.84 Å². The van der Waals surface area contributed by atoms with Gasteiger partial charge < -0.3 is 5.43 Å². The summed E-state index contributed by atoms with van der Waals surface area (Å²) >= 11 is 5.51. The minimum absolute atomic E-state index is 0.442. The quantitative estimate of drug-likeness (QED) is 0.283. The summed E-state index contributed by atoms with van der Waals surface area (Å²) in [5.74, 6) is 5.70. The summed E-state index contributed by atoms with van der Waals surface area (Å²) in [6, 6.07) is 0. The van der Waals surface area contributed by atoms with Crippen LogP contribution < -0.4 is 11.3 Å². The van der Waals surface area contributed by atoms with E-state index in [9.17, 15) is 0 Å². The lowest BCUT2D eigenvalue weighted by Crippen LogP contribution is -2.31. The molecular weight excluding hydrogens is 140 g/mol. The van der Waals surface area contributed by atoms with E-state index in [1.807, 2.05) is 0 Å². The molecule has 0 aromatic rings. The predicted octanol–water partition coefficient (Wildman–Crippen LogP) is -0.211. The van der Waals surface area contributed by atoms with Gasteiger partial charge in [-0.3, -0.25) is 4.42 Å². The van der Waals surface area contributed by atoms with E-state index < -0.39 is 0 Å². The summed E-state index contributed by atoms with van der Waals surface area (Å²) in [6.07, 6.45) is 3.38. The molecule has 0 atom stereocenters. The van der Waals surface area contributed by atoms with Gasteiger partial charge in [-0.1, -0.05) is 0 Å². The Kier molecular flexibility index (Phi) is 1.92. The molecule has 3 N–H and O–H groups in total. The Morgan fingerprint density at radius 2 is 2.67 bits per heavy atom. The highest BCUT2D eigenvalue weighted by molar-refractivity contribution is 6.14. The molecule has 0 amide bonds. The van der Waals surface area contributed by atoms with Crippen LogP contribution in [0.1, 0.15) is 0 Å². The number of nitrogens with one attached hydrogen (secondary N) is 1. The molecular formula is C4H7ClN4. The number of nitrogens with zero attached hydrogens (tertiary/aromatic N) is 2. The van der Waals surface area contributed by atoms with Crippen molar-refractivity contribution < 1.29 is 0 Å². The zero-order valence-electron chi connectivity index (χ0n) is 4.71. The van der Waals surface area contributed by atoms with Gasteiger partial charge in [-0.05, 0) is 6.08 Å². The Bertz CT molecular complexity index is 153. The van der Waals surface area contributed by atoms with E-state index in [-0.39, 0.29) is 0 Å². The van der Waals surface area contributed by atoms with Crippen molar-refractivity contribution in [3.8, 4) is 0 Å². The molecule has 50 valence electrons. The lowest BCUT2D eigenvalue weighted by Gasteiger charge is -2.12. The van der Waals surface area contributed by atoms with Gasteiger partial charge in [-0.15, -0.1) is 0 Å². The summed E-state index contributed by atoms with van der Waals surface area (Å²) in [7, 11) is 0. The molecule has 0 unspecified atom stereocenters. The second-order valence-corrected chi connectivity index (χ2v) is 1.98. The largest absolute Gasteiger partial charge is 0.309 e. The van der Waals surface area contributed by atoms with E-state index in [1.54, 1.807) is 12.3 Å². The van der Waals surface area contributed by atoms with Crippen molar-refractivity contribution in [2.75, 3.05) is 6.67 Å². The molecule has 9 heavy (non-hydrogen) atoms. The van der Waals surface area contributed by atoms with E-state index in [0.29, 0.717) is 12.5 Å². The van der Waals surface area contributed by atoms with Gasteiger partial charge in [0, 0.05) is 18.0 Å². The molecule has 0 aliphatic carbocycles. The molecule has 0 bridgehead atoms. The van der Waals surface area contributed by atoms with Crippen LogP contribution in [0, 0.1) is 0 Å². The third-order valence-electron chi connectivity index (χ3n) is 0.918. The number of nitrogens with two attached hydrogens (primary N) is 1. The van der Waals surface area contributed by atoms with Crippen molar-refractivity contribution in [3.05, 3.63) is 12.3 Å². The number of hydrazine groups is 1. The SMILES string of the molecule is NNC1=NCN(Cl)C=C1. The topological polar surface area (TPSA) is 53.6 Å². The Balaban J connectivity index is 2.52. The Labute approximate surface area is 58.1 Å². The molecule has 1 aliphatic heterocycles. The number of hydrogen-bond acceptors (Lipinski definition) is 4. The maximum absolute atomic E-state index is 5.51. The second kappa shape index (κ2) is 2.70. The maximum atomic E-state index is 5.51. The molecule has 0 radical (unpaired) electrons. The van der Waals surface area contributed by atoms with Crippen molar-refractivity contribution >= 4 is 17.6 Å². The molecule has 1 rings (SSSR count). The molecule has 0 saturated carbocycles. The molecule has 5 heteroatoms. The van der Waals surface area contributed by atoms with Crippen LogP contribution in [0.3, 0.4) is 0 Å². The van der Waals surface area contributed by atoms with Crippen molar-refractivity contribution in [2.45, 2.75) is 0 Å². The minimum Gasteiger partial charge on any atom is -0.309 e. The van der Waals surface area contributed by atoms with E-state index in [2.05, 4.69) is 10.4 Å². The Morgan fingerprint density at radius 1 is 1.89 bits per heavy atom. The fourth-order valence-electron chi connectivity index (χ4n) is 0.489. The molecule has 0 fully saturated rings. The summed E-state index contributed by atoms with van der Waals surface area (Å²) in [5, 5.41) is 0. The van der Waals surface area contributed by atoms with Gasteiger partial charge in [0.15, 0.2) is 0 Å². The smallest absolute Gasteiger partial charge is 0.138 e. The van der Waals surface area contributed by atoms with Crippen molar-refractivity contribution in [2.24, 2.45) is 10.8 Å². The molecule has 0 aromatic carbocycles. The normalized spacial score (nSPS) is 17.6. The van der Waals surface area contributed by atoms with Gasteiger partial charge in [0.05, 0.1) is 0 Å². The number of hydrogen-bond donors (Lipinski definition) is 2. The zero-order valence-corrected chi connectivity index (χ0v) is 5.47. The van der Waals surface area contributed by atoms with E-state index >= 15 is 0 Å². The fourth-order valence-corrected chi connectivity index (χ4v) is 0.599. The zero-order chi connectivity index (χ0) is 6.69. The number of aliphatic imine (C=N–C) groups is 1. The maximum Gasteiger partial charge on any atom is 0.138 e. The van der Waals surface area contributed by atoms with Gasteiger partial charge >= 0.3 is 0 Å². The van der Waals surface area contributed by atoms with Gasteiger partial charge in [-0.25, -0.2) is 10.8 Å².